The molecule has 0 saturated carbocycles. The molecule has 10 heteroatoms. The van der Waals surface area contributed by atoms with Crippen molar-refractivity contribution < 1.29 is 22.9 Å². The fourth-order valence-electron chi connectivity index (χ4n) is 7.97. The largest absolute Gasteiger partial charge is 0.677 e. The Hall–Kier alpha value is -5.90. The number of aliphatic imine (C=N–C) groups is 1. The van der Waals surface area contributed by atoms with Crippen LogP contribution in [0.25, 0.3) is 16.7 Å². The second-order valence-electron chi connectivity index (χ2n) is 14.4. The van der Waals surface area contributed by atoms with Crippen molar-refractivity contribution in [2.75, 3.05) is 38.0 Å². The number of nitrogens with zero attached hydrogens (tertiary/aromatic N) is 4. The van der Waals surface area contributed by atoms with Crippen LogP contribution >= 0.6 is 0 Å². The number of aryl methyl sites for hydroxylation is 2. The Bertz CT molecular complexity index is 2400. The van der Waals surface area contributed by atoms with Gasteiger partial charge in [0.05, 0.1) is 11.3 Å². The summed E-state index contributed by atoms with van der Waals surface area (Å²) in [5, 5.41) is 0. The Kier molecular flexibility index (Phi) is 7.98. The maximum absolute atomic E-state index is 14.6. The molecule has 0 amide bonds. The van der Waals surface area contributed by atoms with Crippen molar-refractivity contribution in [3.8, 4) is 22.6 Å². The zero-order valence-electron chi connectivity index (χ0n) is 31.0. The zero-order chi connectivity index (χ0) is 37.5. The number of fused-ring (bicyclic) bond motifs is 6. The van der Waals surface area contributed by atoms with Crippen LogP contribution in [0.2, 0.25) is 0 Å². The van der Waals surface area contributed by atoms with Crippen LogP contribution in [-0.2, 0) is 10.3 Å². The van der Waals surface area contributed by atoms with Crippen molar-refractivity contribution >= 4 is 36.0 Å². The second kappa shape index (κ2) is 12.4. The number of carbonyl (C=O) groups excluding carboxylic acids is 1. The lowest BCUT2D eigenvalue weighted by Crippen LogP contribution is -2.33. The first-order valence-electron chi connectivity index (χ1n) is 17.5. The molecule has 1 aromatic heterocycles. The first-order chi connectivity index (χ1) is 25.3. The number of rotatable bonds is 6. The highest BCUT2D eigenvalue weighted by Gasteiger charge is 2.53. The Balaban J connectivity index is 1.28. The highest BCUT2D eigenvalue weighted by molar-refractivity contribution is 6.41. The molecule has 8 rings (SSSR count). The van der Waals surface area contributed by atoms with Gasteiger partial charge in [-0.3, -0.25) is 13.6 Å². The lowest BCUT2D eigenvalue weighted by molar-refractivity contribution is 0.0224. The van der Waals surface area contributed by atoms with Crippen LogP contribution in [0.1, 0.15) is 63.4 Å². The summed E-state index contributed by atoms with van der Waals surface area (Å²) in [6.07, 6.45) is 1.97. The zero-order valence-corrected chi connectivity index (χ0v) is 31.0. The summed E-state index contributed by atoms with van der Waals surface area (Å²) < 4.78 is 43.2. The summed E-state index contributed by atoms with van der Waals surface area (Å²) in [5.74, 6) is 0.821. The molecular weight excluding hydrogens is 669 g/mol. The maximum atomic E-state index is 14.6. The molecule has 266 valence electrons. The van der Waals surface area contributed by atoms with Gasteiger partial charge in [-0.05, 0) is 104 Å². The van der Waals surface area contributed by atoms with Crippen LogP contribution in [-0.4, -0.2) is 51.8 Å². The third-order valence-electron chi connectivity index (χ3n) is 10.5. The second-order valence-corrected chi connectivity index (χ2v) is 14.4. The molecule has 0 radical (unpaired) electrons. The van der Waals surface area contributed by atoms with Crippen molar-refractivity contribution in [1.29, 1.82) is 0 Å². The van der Waals surface area contributed by atoms with E-state index in [9.17, 15) is 13.4 Å². The van der Waals surface area contributed by atoms with E-state index in [0.717, 1.165) is 66.1 Å². The third-order valence-corrected chi connectivity index (χ3v) is 10.5. The number of hydrogen-bond donors (Lipinski definition) is 0. The van der Waals surface area contributed by atoms with Crippen LogP contribution < -0.4 is 14.5 Å². The molecule has 3 aliphatic rings. The standard InChI is InChI=1S/C43H39BF2N4O3/c1-24-19-26(3)47-40(24)39(41-25(2)20-27(4)50(41)44(45)46)29-11-9-28(10-12-29)30-13-16-33-36(21-30)43(53-42(33)51)34-17-14-31(48(5)6)22-37(34)52-38-23-32(49(7)8)15-18-35(38)43/h9-23H,1-8H3/b40-39-. The van der Waals surface area contributed by atoms with Gasteiger partial charge in [-0.2, -0.15) is 0 Å². The maximum Gasteiger partial charge on any atom is 0.677 e. The van der Waals surface area contributed by atoms with Gasteiger partial charge >= 0.3 is 13.4 Å². The molecule has 3 aliphatic heterocycles. The normalized spacial score (nSPS) is 15.9. The van der Waals surface area contributed by atoms with Crippen LogP contribution in [0, 0.1) is 13.8 Å². The monoisotopic (exact) mass is 708 g/mol. The van der Waals surface area contributed by atoms with Gasteiger partial charge in [0, 0.05) is 91.1 Å². The summed E-state index contributed by atoms with van der Waals surface area (Å²) in [6.45, 7) is 7.43. The number of carbonyl (C=O) groups is 1. The van der Waals surface area contributed by atoms with Crippen molar-refractivity contribution in [2.24, 2.45) is 4.99 Å². The average molecular weight is 709 g/mol. The summed E-state index contributed by atoms with van der Waals surface area (Å²) in [7, 11) is 5.17. The van der Waals surface area contributed by atoms with Gasteiger partial charge < -0.3 is 23.8 Å². The van der Waals surface area contributed by atoms with Crippen LogP contribution in [0.5, 0.6) is 11.5 Å². The number of benzene rings is 4. The van der Waals surface area contributed by atoms with Crippen LogP contribution in [0.4, 0.5) is 20.0 Å². The highest BCUT2D eigenvalue weighted by Crippen LogP contribution is 2.57. The third kappa shape index (κ3) is 5.30. The molecule has 0 atom stereocenters. The quantitative estimate of drug-likeness (QED) is 0.130. The minimum atomic E-state index is -2.71. The molecule has 4 heterocycles. The molecule has 5 aromatic rings. The van der Waals surface area contributed by atoms with Crippen LogP contribution in [0.3, 0.4) is 0 Å². The van der Waals surface area contributed by atoms with Crippen molar-refractivity contribution in [1.82, 2.24) is 4.48 Å². The Morgan fingerprint density at radius 3 is 1.91 bits per heavy atom. The SMILES string of the molecule is CC1=CC(C)=N/C1=C(/c1ccc(-c2ccc3c(c2)C2(OC3=O)c3ccc(N(C)C)cc3Oc3cc(N(C)C)ccc32)cc1)c1c(C)cc(C)n1B(F)F. The molecule has 0 N–H and O–H groups in total. The number of halogens is 2. The first-order valence-corrected chi connectivity index (χ1v) is 17.5. The molecule has 4 aromatic carbocycles. The van der Waals surface area contributed by atoms with Crippen LogP contribution in [0.15, 0.2) is 107 Å². The van der Waals surface area contributed by atoms with Gasteiger partial charge in [0.2, 0.25) is 0 Å². The van der Waals surface area contributed by atoms with Gasteiger partial charge in [-0.15, -0.1) is 0 Å². The number of aromatic nitrogens is 1. The minimum Gasteiger partial charge on any atom is -0.456 e. The molecule has 53 heavy (non-hydrogen) atoms. The summed E-state index contributed by atoms with van der Waals surface area (Å²) in [4.78, 5) is 22.5. The van der Waals surface area contributed by atoms with Crippen molar-refractivity contribution in [2.45, 2.75) is 33.3 Å². The Labute approximate surface area is 308 Å². The van der Waals surface area contributed by atoms with Crippen molar-refractivity contribution in [3.63, 3.8) is 0 Å². The highest BCUT2D eigenvalue weighted by atomic mass is 19.2. The summed E-state index contributed by atoms with van der Waals surface area (Å²) >= 11 is 0. The predicted octanol–water partition coefficient (Wildman–Crippen LogP) is 9.42. The van der Waals surface area contributed by atoms with Gasteiger partial charge in [0.1, 0.15) is 11.5 Å². The lowest BCUT2D eigenvalue weighted by atomic mass is 9.76. The number of allylic oxidation sites excluding steroid dienone is 2. The lowest BCUT2D eigenvalue weighted by Gasteiger charge is -2.37. The molecule has 0 bridgehead atoms. The van der Waals surface area contributed by atoms with Gasteiger partial charge in [0.15, 0.2) is 5.60 Å². The van der Waals surface area contributed by atoms with E-state index in [2.05, 4.69) is 0 Å². The van der Waals surface area contributed by atoms with E-state index in [-0.39, 0.29) is 0 Å². The van der Waals surface area contributed by atoms with E-state index in [0.29, 0.717) is 39.7 Å². The fourth-order valence-corrected chi connectivity index (χ4v) is 7.97. The van der Waals surface area contributed by atoms with E-state index in [1.807, 2.05) is 144 Å². The summed E-state index contributed by atoms with van der Waals surface area (Å²) in [5.41, 5.74) is 10.7. The number of anilines is 2. The minimum absolute atomic E-state index is 0.408. The number of hydrogen-bond acceptors (Lipinski definition) is 6. The van der Waals surface area contributed by atoms with E-state index in [4.69, 9.17) is 14.5 Å². The Morgan fingerprint density at radius 1 is 0.755 bits per heavy atom. The topological polar surface area (TPSA) is 59.3 Å². The van der Waals surface area contributed by atoms with E-state index in [1.165, 1.54) is 0 Å². The van der Waals surface area contributed by atoms with Crippen molar-refractivity contribution in [3.05, 3.63) is 147 Å². The fraction of sp³-hybridized carbons (Fsp3) is 0.209. The first kappa shape index (κ1) is 34.2. The average Bonchev–Trinajstić information content (AvgIpc) is 3.72. The smallest absolute Gasteiger partial charge is 0.456 e. The number of esters is 1. The molecule has 0 saturated heterocycles. The van der Waals surface area contributed by atoms with Gasteiger partial charge in [-0.25, -0.2) is 4.79 Å². The molecular formula is C43H39BF2N4O3. The molecule has 1 spiro atoms. The predicted molar refractivity (Wildman–Crippen MR) is 209 cm³/mol. The van der Waals surface area contributed by atoms with Gasteiger partial charge in [-0.1, -0.05) is 30.3 Å². The van der Waals surface area contributed by atoms with Gasteiger partial charge in [0.25, 0.3) is 0 Å². The van der Waals surface area contributed by atoms with E-state index in [1.54, 1.807) is 13.0 Å². The summed E-state index contributed by atoms with van der Waals surface area (Å²) in [6, 6.07) is 27.4. The number of ether oxygens (including phenoxy) is 2. The molecule has 0 unspecified atom stereocenters. The molecule has 0 aliphatic carbocycles. The Morgan fingerprint density at radius 2 is 1.36 bits per heavy atom. The molecule has 7 nitrogen and oxygen atoms in total. The molecule has 0 fully saturated rings. The van der Waals surface area contributed by atoms with E-state index >= 15 is 0 Å². The van der Waals surface area contributed by atoms with E-state index < -0.39 is 19.0 Å².